The standard InChI is InChI=1S/C22H18FN3O/c1-2-22(27)26(21-11-17(13-24)10-20(23)12-21)15-16-5-3-6-18(9-16)19-7-4-8-25-14-19/h3-12,14H,2,15H2,1H3. The molecule has 5 heteroatoms. The number of hydrogen-bond donors (Lipinski definition) is 0. The number of carbonyl (C=O) groups excluding carboxylic acids is 1. The number of benzene rings is 2. The van der Waals surface area contributed by atoms with Gasteiger partial charge in [0, 0.05) is 24.5 Å². The van der Waals surface area contributed by atoms with Gasteiger partial charge in [-0.15, -0.1) is 0 Å². The van der Waals surface area contributed by atoms with Gasteiger partial charge in [0.2, 0.25) is 5.91 Å². The van der Waals surface area contributed by atoms with Crippen molar-refractivity contribution in [3.05, 3.63) is 83.9 Å². The monoisotopic (exact) mass is 359 g/mol. The average Bonchev–Trinajstić information content (AvgIpc) is 2.71. The summed E-state index contributed by atoms with van der Waals surface area (Å²) in [5.41, 5.74) is 3.43. The Labute approximate surface area is 157 Å². The van der Waals surface area contributed by atoms with Crippen LogP contribution in [-0.2, 0) is 11.3 Å². The van der Waals surface area contributed by atoms with Gasteiger partial charge in [0.15, 0.2) is 0 Å². The number of pyridine rings is 1. The summed E-state index contributed by atoms with van der Waals surface area (Å²) in [5, 5.41) is 9.09. The molecule has 0 aliphatic carbocycles. The Hall–Kier alpha value is -3.52. The van der Waals surface area contributed by atoms with Gasteiger partial charge in [-0.3, -0.25) is 9.78 Å². The molecule has 0 spiro atoms. The number of halogens is 1. The van der Waals surface area contributed by atoms with Crippen molar-refractivity contribution in [2.24, 2.45) is 0 Å². The van der Waals surface area contributed by atoms with Crippen molar-refractivity contribution in [3.8, 4) is 17.2 Å². The van der Waals surface area contributed by atoms with Crippen LogP contribution >= 0.6 is 0 Å². The molecule has 0 fully saturated rings. The van der Waals surface area contributed by atoms with Gasteiger partial charge in [-0.1, -0.05) is 31.2 Å². The number of anilines is 1. The first-order chi connectivity index (χ1) is 13.1. The fraction of sp³-hybridized carbons (Fsp3) is 0.136. The highest BCUT2D eigenvalue weighted by Gasteiger charge is 2.17. The molecule has 0 radical (unpaired) electrons. The maximum atomic E-state index is 13.9. The Bertz CT molecular complexity index is 996. The number of carbonyl (C=O) groups is 1. The maximum Gasteiger partial charge on any atom is 0.227 e. The van der Waals surface area contributed by atoms with Gasteiger partial charge in [-0.25, -0.2) is 4.39 Å². The van der Waals surface area contributed by atoms with Crippen LogP contribution in [0, 0.1) is 17.1 Å². The smallest absolute Gasteiger partial charge is 0.227 e. The fourth-order valence-electron chi connectivity index (χ4n) is 2.87. The number of amides is 1. The molecule has 3 aromatic rings. The summed E-state index contributed by atoms with van der Waals surface area (Å²) in [7, 11) is 0. The summed E-state index contributed by atoms with van der Waals surface area (Å²) in [6.45, 7) is 2.04. The van der Waals surface area contributed by atoms with Crippen LogP contribution < -0.4 is 4.90 Å². The second-order valence-electron chi connectivity index (χ2n) is 6.09. The molecule has 1 amide bonds. The van der Waals surface area contributed by atoms with Gasteiger partial charge >= 0.3 is 0 Å². The van der Waals surface area contributed by atoms with E-state index >= 15 is 0 Å². The quantitative estimate of drug-likeness (QED) is 0.663. The zero-order valence-electron chi connectivity index (χ0n) is 14.9. The van der Waals surface area contributed by atoms with Crippen molar-refractivity contribution >= 4 is 11.6 Å². The van der Waals surface area contributed by atoms with Gasteiger partial charge in [-0.2, -0.15) is 5.26 Å². The highest BCUT2D eigenvalue weighted by atomic mass is 19.1. The van der Waals surface area contributed by atoms with Crippen LogP contribution in [0.3, 0.4) is 0 Å². The molecule has 4 nitrogen and oxygen atoms in total. The zero-order chi connectivity index (χ0) is 19.2. The lowest BCUT2D eigenvalue weighted by molar-refractivity contribution is -0.118. The van der Waals surface area contributed by atoms with Crippen LogP contribution in [0.1, 0.15) is 24.5 Å². The van der Waals surface area contributed by atoms with E-state index in [1.807, 2.05) is 42.5 Å². The Kier molecular flexibility index (Phi) is 5.58. The molecule has 0 saturated heterocycles. The molecule has 3 rings (SSSR count). The lowest BCUT2D eigenvalue weighted by Gasteiger charge is -2.23. The lowest BCUT2D eigenvalue weighted by atomic mass is 10.0. The molecule has 0 bridgehead atoms. The minimum Gasteiger partial charge on any atom is -0.308 e. The fourth-order valence-corrected chi connectivity index (χ4v) is 2.87. The highest BCUT2D eigenvalue weighted by Crippen LogP contribution is 2.24. The molecule has 0 N–H and O–H groups in total. The van der Waals surface area contributed by atoms with E-state index in [1.165, 1.54) is 17.0 Å². The molecule has 0 aliphatic rings. The molecular formula is C22H18FN3O. The van der Waals surface area contributed by atoms with E-state index in [9.17, 15) is 9.18 Å². The van der Waals surface area contributed by atoms with Crippen molar-refractivity contribution in [1.82, 2.24) is 4.98 Å². The van der Waals surface area contributed by atoms with Crippen LogP contribution in [0.4, 0.5) is 10.1 Å². The van der Waals surface area contributed by atoms with E-state index in [4.69, 9.17) is 5.26 Å². The summed E-state index contributed by atoms with van der Waals surface area (Å²) < 4.78 is 13.9. The summed E-state index contributed by atoms with van der Waals surface area (Å²) >= 11 is 0. The predicted octanol–water partition coefficient (Wildman–Crippen LogP) is 4.70. The second kappa shape index (κ2) is 8.24. The zero-order valence-corrected chi connectivity index (χ0v) is 14.9. The van der Waals surface area contributed by atoms with Crippen LogP contribution in [0.2, 0.25) is 0 Å². The van der Waals surface area contributed by atoms with Crippen molar-refractivity contribution in [1.29, 1.82) is 5.26 Å². The summed E-state index contributed by atoms with van der Waals surface area (Å²) in [6.07, 6.45) is 3.77. The maximum absolute atomic E-state index is 13.9. The molecule has 0 aliphatic heterocycles. The largest absolute Gasteiger partial charge is 0.308 e. The topological polar surface area (TPSA) is 57.0 Å². The summed E-state index contributed by atoms with van der Waals surface area (Å²) in [6, 6.07) is 17.5. The Morgan fingerprint density at radius 3 is 2.67 bits per heavy atom. The number of nitrogens with zero attached hydrogens (tertiary/aromatic N) is 3. The molecule has 0 atom stereocenters. The molecule has 0 unspecified atom stereocenters. The first-order valence-corrected chi connectivity index (χ1v) is 8.61. The van der Waals surface area contributed by atoms with E-state index < -0.39 is 5.82 Å². The first-order valence-electron chi connectivity index (χ1n) is 8.61. The Morgan fingerprint density at radius 2 is 1.96 bits per heavy atom. The highest BCUT2D eigenvalue weighted by molar-refractivity contribution is 5.93. The van der Waals surface area contributed by atoms with Gasteiger partial charge in [0.25, 0.3) is 0 Å². The van der Waals surface area contributed by atoms with Crippen LogP contribution in [-0.4, -0.2) is 10.9 Å². The van der Waals surface area contributed by atoms with Crippen LogP contribution in [0.15, 0.2) is 67.0 Å². The molecule has 1 aromatic heterocycles. The average molecular weight is 359 g/mol. The summed E-state index contributed by atoms with van der Waals surface area (Å²) in [5.74, 6) is -0.682. The number of hydrogen-bond acceptors (Lipinski definition) is 3. The van der Waals surface area contributed by atoms with E-state index in [0.29, 0.717) is 5.69 Å². The summed E-state index contributed by atoms with van der Waals surface area (Å²) in [4.78, 5) is 18.1. The van der Waals surface area contributed by atoms with Crippen LogP contribution in [0.5, 0.6) is 0 Å². The van der Waals surface area contributed by atoms with E-state index in [1.54, 1.807) is 19.3 Å². The van der Waals surface area contributed by atoms with E-state index in [2.05, 4.69) is 4.98 Å². The van der Waals surface area contributed by atoms with Crippen LogP contribution in [0.25, 0.3) is 11.1 Å². The molecule has 2 aromatic carbocycles. The third kappa shape index (κ3) is 4.36. The third-order valence-electron chi connectivity index (χ3n) is 4.19. The first kappa shape index (κ1) is 18.3. The van der Waals surface area contributed by atoms with E-state index in [-0.39, 0.29) is 24.4 Å². The van der Waals surface area contributed by atoms with Crippen molar-refractivity contribution < 1.29 is 9.18 Å². The molecular weight excluding hydrogens is 341 g/mol. The third-order valence-corrected chi connectivity index (χ3v) is 4.19. The lowest BCUT2D eigenvalue weighted by Crippen LogP contribution is -2.29. The molecule has 0 saturated carbocycles. The number of aromatic nitrogens is 1. The molecule has 27 heavy (non-hydrogen) atoms. The molecule has 1 heterocycles. The Morgan fingerprint density at radius 1 is 1.15 bits per heavy atom. The van der Waals surface area contributed by atoms with E-state index in [0.717, 1.165) is 22.8 Å². The van der Waals surface area contributed by atoms with Gasteiger partial charge < -0.3 is 4.90 Å². The Balaban J connectivity index is 1.96. The number of rotatable bonds is 5. The predicted molar refractivity (Wildman–Crippen MR) is 102 cm³/mol. The van der Waals surface area contributed by atoms with Gasteiger partial charge in [-0.05, 0) is 47.0 Å². The van der Waals surface area contributed by atoms with Crippen molar-refractivity contribution in [3.63, 3.8) is 0 Å². The van der Waals surface area contributed by atoms with Crippen molar-refractivity contribution in [2.45, 2.75) is 19.9 Å². The van der Waals surface area contributed by atoms with Crippen molar-refractivity contribution in [2.75, 3.05) is 4.90 Å². The number of nitriles is 1. The van der Waals surface area contributed by atoms with Gasteiger partial charge in [0.1, 0.15) is 5.82 Å². The minimum absolute atomic E-state index is 0.142. The normalized spacial score (nSPS) is 10.3. The second-order valence-corrected chi connectivity index (χ2v) is 6.09. The minimum atomic E-state index is -0.540. The SMILES string of the molecule is CCC(=O)N(Cc1cccc(-c2cccnc2)c1)c1cc(F)cc(C#N)c1. The van der Waals surface area contributed by atoms with Gasteiger partial charge in [0.05, 0.1) is 18.2 Å². The molecule has 134 valence electrons.